The summed E-state index contributed by atoms with van der Waals surface area (Å²) in [7, 11) is 0. The zero-order chi connectivity index (χ0) is 16.7. The number of ketones is 1. The summed E-state index contributed by atoms with van der Waals surface area (Å²) in [4.78, 5) is 22.0. The van der Waals surface area contributed by atoms with Crippen LogP contribution in [0, 0.1) is 0 Å². The largest absolute Gasteiger partial charge is 0.289 e. The third kappa shape index (κ3) is 2.44. The first-order valence-corrected chi connectivity index (χ1v) is 8.86. The van der Waals surface area contributed by atoms with Crippen molar-refractivity contribution in [3.63, 3.8) is 0 Å². The van der Waals surface area contributed by atoms with Crippen LogP contribution in [-0.4, -0.2) is 15.8 Å². The van der Waals surface area contributed by atoms with Gasteiger partial charge in [0.25, 0.3) is 0 Å². The quantitative estimate of drug-likeness (QED) is 0.383. The van der Waals surface area contributed by atoms with E-state index in [1.54, 1.807) is 12.4 Å². The third-order valence-corrected chi connectivity index (χ3v) is 5.21. The number of aromatic nitrogens is 2. The van der Waals surface area contributed by atoms with E-state index >= 15 is 0 Å². The summed E-state index contributed by atoms with van der Waals surface area (Å²) in [5.74, 6) is -0.0361. The Kier molecular flexibility index (Phi) is 3.90. The zero-order valence-electron chi connectivity index (χ0n) is 12.3. The lowest BCUT2D eigenvalue weighted by atomic mass is 9.96. The highest BCUT2D eigenvalue weighted by Gasteiger charge is 2.17. The molecule has 2 aromatic heterocycles. The third-order valence-electron chi connectivity index (χ3n) is 3.93. The number of halogens is 2. The van der Waals surface area contributed by atoms with Gasteiger partial charge in [0, 0.05) is 43.2 Å². The van der Waals surface area contributed by atoms with E-state index in [-0.39, 0.29) is 5.78 Å². The number of pyridine rings is 2. The minimum absolute atomic E-state index is 0.0361. The van der Waals surface area contributed by atoms with Gasteiger partial charge < -0.3 is 0 Å². The lowest BCUT2D eigenvalue weighted by Crippen LogP contribution is -2.04. The zero-order valence-corrected chi connectivity index (χ0v) is 15.5. The molecule has 0 aliphatic carbocycles. The molecule has 0 bridgehead atoms. The smallest absolute Gasteiger partial charge is 0.194 e. The van der Waals surface area contributed by atoms with Crippen molar-refractivity contribution in [2.24, 2.45) is 0 Å². The summed E-state index contributed by atoms with van der Waals surface area (Å²) in [5, 5.41) is 1.66. The molecule has 0 aliphatic rings. The Labute approximate surface area is 155 Å². The molecule has 0 saturated carbocycles. The van der Waals surface area contributed by atoms with Crippen molar-refractivity contribution in [1.82, 2.24) is 9.97 Å². The van der Waals surface area contributed by atoms with E-state index in [4.69, 9.17) is 0 Å². The Hall–Kier alpha value is -2.11. The van der Waals surface area contributed by atoms with Crippen LogP contribution in [0.15, 0.2) is 69.9 Å². The maximum Gasteiger partial charge on any atom is 0.194 e. The first-order valence-electron chi connectivity index (χ1n) is 7.28. The second-order valence-corrected chi connectivity index (χ2v) is 7.03. The van der Waals surface area contributed by atoms with Crippen LogP contribution in [0.2, 0.25) is 0 Å². The van der Waals surface area contributed by atoms with Crippen LogP contribution in [0.5, 0.6) is 0 Å². The van der Waals surface area contributed by atoms with Crippen molar-refractivity contribution >= 4 is 59.4 Å². The second-order valence-electron chi connectivity index (χ2n) is 5.32. The Morgan fingerprint density at radius 3 is 1.62 bits per heavy atom. The number of rotatable bonds is 2. The Balaban J connectivity index is 1.99. The molecule has 4 aromatic rings. The number of benzene rings is 2. The Bertz CT molecular complexity index is 1020. The first kappa shape index (κ1) is 15.4. The minimum Gasteiger partial charge on any atom is -0.289 e. The molecule has 5 heteroatoms. The second kappa shape index (κ2) is 6.07. The molecule has 2 aromatic carbocycles. The highest BCUT2D eigenvalue weighted by molar-refractivity contribution is 9.11. The van der Waals surface area contributed by atoms with Gasteiger partial charge in [-0.15, -0.1) is 0 Å². The van der Waals surface area contributed by atoms with E-state index in [1.807, 2.05) is 48.5 Å². The van der Waals surface area contributed by atoms with Crippen LogP contribution in [0.3, 0.4) is 0 Å². The maximum atomic E-state index is 13.2. The molecule has 3 nitrogen and oxygen atoms in total. The topological polar surface area (TPSA) is 42.9 Å². The molecule has 116 valence electrons. The molecule has 0 N–H and O–H groups in total. The van der Waals surface area contributed by atoms with Gasteiger partial charge in [0.1, 0.15) is 0 Å². The summed E-state index contributed by atoms with van der Waals surface area (Å²) in [6.45, 7) is 0. The number of carbonyl (C=O) groups is 1. The Morgan fingerprint density at radius 2 is 1.17 bits per heavy atom. The van der Waals surface area contributed by atoms with Gasteiger partial charge in [0.2, 0.25) is 0 Å². The van der Waals surface area contributed by atoms with Crippen LogP contribution in [0.4, 0.5) is 0 Å². The average molecular weight is 442 g/mol. The summed E-state index contributed by atoms with van der Waals surface area (Å²) < 4.78 is 1.74. The summed E-state index contributed by atoms with van der Waals surface area (Å²) in [6.07, 6.45) is 3.45. The van der Waals surface area contributed by atoms with Crippen LogP contribution < -0.4 is 0 Å². The monoisotopic (exact) mass is 440 g/mol. The van der Waals surface area contributed by atoms with Gasteiger partial charge in [-0.25, -0.2) is 0 Å². The molecule has 0 amide bonds. The van der Waals surface area contributed by atoms with Gasteiger partial charge >= 0.3 is 0 Å². The minimum atomic E-state index is -0.0361. The summed E-state index contributed by atoms with van der Waals surface area (Å²) >= 11 is 6.99. The van der Waals surface area contributed by atoms with Gasteiger partial charge in [-0.1, -0.05) is 12.1 Å². The van der Waals surface area contributed by atoms with E-state index in [0.29, 0.717) is 11.1 Å². The van der Waals surface area contributed by atoms with E-state index in [0.717, 1.165) is 30.8 Å². The fraction of sp³-hybridized carbons (Fsp3) is 0. The lowest BCUT2D eigenvalue weighted by molar-refractivity contribution is 0.104. The standard InChI is InChI=1S/C19H10Br2N2O/c20-15-7-5-13(11-3-1-9-22-17(11)15)19(24)14-6-8-16(21)18-12(14)4-2-10-23-18/h1-10H. The fourth-order valence-corrected chi connectivity index (χ4v) is 3.71. The normalized spacial score (nSPS) is 11.1. The molecular formula is C19H10Br2N2O. The van der Waals surface area contributed by atoms with Crippen LogP contribution in [0.25, 0.3) is 21.8 Å². The molecule has 0 spiro atoms. The number of nitrogens with zero attached hydrogens (tertiary/aromatic N) is 2. The first-order chi connectivity index (χ1) is 11.7. The molecule has 24 heavy (non-hydrogen) atoms. The van der Waals surface area contributed by atoms with Gasteiger partial charge in [0.05, 0.1) is 11.0 Å². The van der Waals surface area contributed by atoms with E-state index in [2.05, 4.69) is 41.8 Å². The number of fused-ring (bicyclic) bond motifs is 2. The van der Waals surface area contributed by atoms with Gasteiger partial charge in [-0.3, -0.25) is 14.8 Å². The van der Waals surface area contributed by atoms with Crippen molar-refractivity contribution in [3.05, 3.63) is 81.0 Å². The van der Waals surface area contributed by atoms with Gasteiger partial charge in [-0.05, 0) is 68.3 Å². The molecule has 2 heterocycles. The molecule has 4 rings (SSSR count). The predicted octanol–water partition coefficient (Wildman–Crippen LogP) is 5.54. The summed E-state index contributed by atoms with van der Waals surface area (Å²) in [6, 6.07) is 14.9. The van der Waals surface area contributed by atoms with Crippen molar-refractivity contribution in [2.45, 2.75) is 0 Å². The van der Waals surface area contributed by atoms with Gasteiger partial charge in [-0.2, -0.15) is 0 Å². The number of carbonyl (C=O) groups excluding carboxylic acids is 1. The molecule has 0 saturated heterocycles. The van der Waals surface area contributed by atoms with Crippen LogP contribution >= 0.6 is 31.9 Å². The van der Waals surface area contributed by atoms with E-state index < -0.39 is 0 Å². The Morgan fingerprint density at radius 1 is 0.708 bits per heavy atom. The number of hydrogen-bond acceptors (Lipinski definition) is 3. The van der Waals surface area contributed by atoms with E-state index in [1.165, 1.54) is 0 Å². The molecule has 0 aliphatic heterocycles. The molecule has 0 radical (unpaired) electrons. The summed E-state index contributed by atoms with van der Waals surface area (Å²) in [5.41, 5.74) is 2.83. The lowest BCUT2D eigenvalue weighted by Gasteiger charge is -2.10. The predicted molar refractivity (Wildman–Crippen MR) is 102 cm³/mol. The van der Waals surface area contributed by atoms with Crippen LogP contribution in [0.1, 0.15) is 15.9 Å². The van der Waals surface area contributed by atoms with Crippen LogP contribution in [-0.2, 0) is 0 Å². The van der Waals surface area contributed by atoms with Crippen molar-refractivity contribution in [1.29, 1.82) is 0 Å². The molecule has 0 fully saturated rings. The SMILES string of the molecule is O=C(c1ccc(Br)c2ncccc12)c1ccc(Br)c2ncccc12. The fourth-order valence-electron chi connectivity index (χ4n) is 2.82. The van der Waals surface area contributed by atoms with Crippen molar-refractivity contribution in [3.8, 4) is 0 Å². The maximum absolute atomic E-state index is 13.2. The van der Waals surface area contributed by atoms with Crippen molar-refractivity contribution < 1.29 is 4.79 Å². The van der Waals surface area contributed by atoms with Gasteiger partial charge in [0.15, 0.2) is 5.78 Å². The average Bonchev–Trinajstić information content (AvgIpc) is 2.62. The van der Waals surface area contributed by atoms with Crippen molar-refractivity contribution in [2.75, 3.05) is 0 Å². The molecular weight excluding hydrogens is 432 g/mol. The molecule has 0 unspecified atom stereocenters. The molecule has 0 atom stereocenters. The van der Waals surface area contributed by atoms with E-state index in [9.17, 15) is 4.79 Å². The highest BCUT2D eigenvalue weighted by atomic mass is 79.9. The number of hydrogen-bond donors (Lipinski definition) is 0. The highest BCUT2D eigenvalue weighted by Crippen LogP contribution is 2.30.